The number of halogens is 1. The van der Waals surface area contributed by atoms with E-state index in [2.05, 4.69) is 10.4 Å². The zero-order valence-corrected chi connectivity index (χ0v) is 14.4. The fourth-order valence-corrected chi connectivity index (χ4v) is 2.59. The quantitative estimate of drug-likeness (QED) is 0.819. The van der Waals surface area contributed by atoms with E-state index in [9.17, 15) is 14.3 Å². The fraction of sp³-hybridized carbons (Fsp3) is 0.562. The molecule has 2 aromatic rings. The first-order valence-corrected chi connectivity index (χ1v) is 8.01. The number of rotatable bonds is 6. The molecule has 1 N–H and O–H groups in total. The van der Waals surface area contributed by atoms with Gasteiger partial charge in [0.15, 0.2) is 0 Å². The van der Waals surface area contributed by atoms with Gasteiger partial charge in [-0.15, -0.1) is 0 Å². The first-order valence-electron chi connectivity index (χ1n) is 8.01. The minimum Gasteiger partial charge on any atom is -0.490 e. The lowest BCUT2D eigenvalue weighted by Crippen LogP contribution is -2.50. The molecule has 0 unspecified atom stereocenters. The number of hydrogen-bond acceptors (Lipinski definition) is 6. The maximum absolute atomic E-state index is 14.4. The van der Waals surface area contributed by atoms with Gasteiger partial charge in [0.05, 0.1) is 25.2 Å². The molecule has 1 aliphatic heterocycles. The van der Waals surface area contributed by atoms with Crippen LogP contribution in [-0.4, -0.2) is 51.3 Å². The van der Waals surface area contributed by atoms with E-state index < -0.39 is 16.9 Å². The Bertz CT molecular complexity index is 821. The van der Waals surface area contributed by atoms with Crippen LogP contribution in [-0.2, 0) is 11.8 Å². The van der Waals surface area contributed by atoms with Gasteiger partial charge in [-0.2, -0.15) is 9.36 Å². The molecule has 8 nitrogen and oxygen atoms in total. The highest BCUT2D eigenvalue weighted by atomic mass is 19.1. The Morgan fingerprint density at radius 2 is 2.12 bits per heavy atom. The van der Waals surface area contributed by atoms with E-state index in [1.54, 1.807) is 6.07 Å². The van der Waals surface area contributed by atoms with Crippen molar-refractivity contribution in [1.82, 2.24) is 19.8 Å². The van der Waals surface area contributed by atoms with Crippen molar-refractivity contribution >= 4 is 0 Å². The maximum atomic E-state index is 14.4. The highest BCUT2D eigenvalue weighted by Gasteiger charge is 2.39. The second kappa shape index (κ2) is 6.57. The zero-order chi connectivity index (χ0) is 18.2. The second-order valence-corrected chi connectivity index (χ2v) is 6.73. The molecule has 0 radical (unpaired) electrons. The number of aryl methyl sites for hydroxylation is 1. The SMILES string of the molecule is CC(C)c1cc(-n2nnn(C)c2=O)c(OCC2(CO)COC2)cc1F. The lowest BCUT2D eigenvalue weighted by atomic mass is 9.88. The summed E-state index contributed by atoms with van der Waals surface area (Å²) in [4.78, 5) is 12.2. The number of hydrogen-bond donors (Lipinski definition) is 1. The van der Waals surface area contributed by atoms with Crippen molar-refractivity contribution in [3.63, 3.8) is 0 Å². The summed E-state index contributed by atoms with van der Waals surface area (Å²) in [5, 5.41) is 17.0. The molecule has 2 heterocycles. The molecule has 0 bridgehead atoms. The predicted molar refractivity (Wildman–Crippen MR) is 86.5 cm³/mol. The number of aliphatic hydroxyl groups is 1. The summed E-state index contributed by atoms with van der Waals surface area (Å²) in [6, 6.07) is 2.80. The summed E-state index contributed by atoms with van der Waals surface area (Å²) in [5.74, 6) is -0.332. The summed E-state index contributed by atoms with van der Waals surface area (Å²) in [5.41, 5.74) is -0.201. The van der Waals surface area contributed by atoms with E-state index in [4.69, 9.17) is 9.47 Å². The van der Waals surface area contributed by atoms with Crippen molar-refractivity contribution in [2.45, 2.75) is 19.8 Å². The van der Waals surface area contributed by atoms with Crippen molar-refractivity contribution in [3.8, 4) is 11.4 Å². The predicted octanol–water partition coefficient (Wildman–Crippen LogP) is 0.616. The molecule has 136 valence electrons. The van der Waals surface area contributed by atoms with Crippen LogP contribution in [0.2, 0.25) is 0 Å². The first kappa shape index (κ1) is 17.6. The average Bonchev–Trinajstić information content (AvgIpc) is 2.86. The lowest BCUT2D eigenvalue weighted by Gasteiger charge is -2.39. The normalized spacial score (nSPS) is 16.1. The van der Waals surface area contributed by atoms with Crippen LogP contribution in [0.4, 0.5) is 4.39 Å². The molecule has 1 aromatic heterocycles. The molecule has 1 saturated heterocycles. The van der Waals surface area contributed by atoms with Gasteiger partial charge in [-0.3, -0.25) is 0 Å². The third-order valence-corrected chi connectivity index (χ3v) is 4.34. The van der Waals surface area contributed by atoms with Crippen molar-refractivity contribution in [1.29, 1.82) is 0 Å². The van der Waals surface area contributed by atoms with Crippen molar-refractivity contribution in [3.05, 3.63) is 34.0 Å². The molecule has 0 amide bonds. The van der Waals surface area contributed by atoms with E-state index in [-0.39, 0.29) is 24.9 Å². The molecule has 0 atom stereocenters. The molecular formula is C16H21FN4O4. The monoisotopic (exact) mass is 352 g/mol. The van der Waals surface area contributed by atoms with Gasteiger partial charge < -0.3 is 14.6 Å². The molecule has 9 heteroatoms. The smallest absolute Gasteiger partial charge is 0.368 e. The van der Waals surface area contributed by atoms with Gasteiger partial charge in [-0.1, -0.05) is 13.8 Å². The minimum absolute atomic E-state index is 0.0796. The Morgan fingerprint density at radius 1 is 1.40 bits per heavy atom. The summed E-state index contributed by atoms with van der Waals surface area (Å²) >= 11 is 0. The summed E-state index contributed by atoms with van der Waals surface area (Å²) in [7, 11) is 1.48. The van der Waals surface area contributed by atoms with Crippen molar-refractivity contribution in [2.24, 2.45) is 12.5 Å². The molecular weight excluding hydrogens is 331 g/mol. The third-order valence-electron chi connectivity index (χ3n) is 4.34. The summed E-state index contributed by atoms with van der Waals surface area (Å²) < 4.78 is 27.5. The van der Waals surface area contributed by atoms with Gasteiger partial charge in [0.25, 0.3) is 0 Å². The standard InChI is InChI=1S/C16H21FN4O4/c1-10(2)11-4-13(21-15(23)20(3)18-19-21)14(5-12(11)17)25-9-16(6-22)7-24-8-16/h4-5,10,22H,6-9H2,1-3H3. The Labute approximate surface area is 143 Å². The molecule has 1 fully saturated rings. The highest BCUT2D eigenvalue weighted by molar-refractivity contribution is 5.49. The minimum atomic E-state index is -0.502. The Morgan fingerprint density at radius 3 is 2.60 bits per heavy atom. The van der Waals surface area contributed by atoms with Crippen LogP contribution in [0.1, 0.15) is 25.3 Å². The zero-order valence-electron chi connectivity index (χ0n) is 14.4. The average molecular weight is 352 g/mol. The molecule has 1 aromatic carbocycles. The Hall–Kier alpha value is -2.26. The van der Waals surface area contributed by atoms with Gasteiger partial charge in [0.2, 0.25) is 0 Å². The highest BCUT2D eigenvalue weighted by Crippen LogP contribution is 2.32. The van der Waals surface area contributed by atoms with Gasteiger partial charge in [0, 0.05) is 13.1 Å². The molecule has 0 saturated carbocycles. The summed E-state index contributed by atoms with van der Waals surface area (Å²) in [6.45, 7) is 4.50. The summed E-state index contributed by atoms with van der Waals surface area (Å²) in [6.07, 6.45) is 0. The number of ether oxygens (including phenoxy) is 2. The number of nitrogens with zero attached hydrogens (tertiary/aromatic N) is 4. The molecule has 0 spiro atoms. The molecule has 25 heavy (non-hydrogen) atoms. The molecule has 0 aliphatic carbocycles. The van der Waals surface area contributed by atoms with Crippen LogP contribution in [0.15, 0.2) is 16.9 Å². The lowest BCUT2D eigenvalue weighted by molar-refractivity contribution is -0.153. The van der Waals surface area contributed by atoms with Crippen LogP contribution in [0.5, 0.6) is 5.75 Å². The molecule has 1 aliphatic rings. The largest absolute Gasteiger partial charge is 0.490 e. The number of aliphatic hydroxyl groups excluding tert-OH is 1. The van der Waals surface area contributed by atoms with Crippen LogP contribution in [0.25, 0.3) is 5.69 Å². The van der Waals surface area contributed by atoms with Crippen LogP contribution >= 0.6 is 0 Å². The van der Waals surface area contributed by atoms with Gasteiger partial charge in [0.1, 0.15) is 23.9 Å². The Balaban J connectivity index is 2.02. The Kier molecular flexibility index (Phi) is 4.61. The van der Waals surface area contributed by atoms with E-state index in [1.807, 2.05) is 13.8 Å². The molecule has 3 rings (SSSR count). The van der Waals surface area contributed by atoms with Gasteiger partial charge in [-0.05, 0) is 28.0 Å². The van der Waals surface area contributed by atoms with Crippen LogP contribution < -0.4 is 10.4 Å². The second-order valence-electron chi connectivity index (χ2n) is 6.73. The van der Waals surface area contributed by atoms with E-state index in [0.29, 0.717) is 24.5 Å². The van der Waals surface area contributed by atoms with E-state index in [1.165, 1.54) is 13.1 Å². The number of benzene rings is 1. The maximum Gasteiger partial charge on any atom is 0.368 e. The number of aromatic nitrogens is 4. The van der Waals surface area contributed by atoms with E-state index in [0.717, 1.165) is 9.36 Å². The van der Waals surface area contributed by atoms with Gasteiger partial charge in [-0.25, -0.2) is 9.18 Å². The fourth-order valence-electron chi connectivity index (χ4n) is 2.59. The van der Waals surface area contributed by atoms with Crippen molar-refractivity contribution in [2.75, 3.05) is 26.4 Å². The van der Waals surface area contributed by atoms with Crippen LogP contribution in [0.3, 0.4) is 0 Å². The van der Waals surface area contributed by atoms with Crippen LogP contribution in [0, 0.1) is 11.2 Å². The van der Waals surface area contributed by atoms with Gasteiger partial charge >= 0.3 is 5.69 Å². The topological polar surface area (TPSA) is 91.4 Å². The number of tetrazole rings is 1. The third kappa shape index (κ3) is 3.16. The van der Waals surface area contributed by atoms with E-state index >= 15 is 0 Å². The van der Waals surface area contributed by atoms with Crippen molar-refractivity contribution < 1.29 is 19.0 Å². The first-order chi connectivity index (χ1) is 11.9.